The minimum absolute atomic E-state index is 0.0467. The first-order chi connectivity index (χ1) is 13.2. The molecule has 4 rings (SSSR count). The molecular weight excluding hydrogens is 424 g/mol. The van der Waals surface area contributed by atoms with Crippen LogP contribution in [0.5, 0.6) is 5.75 Å². The van der Waals surface area contributed by atoms with Crippen LogP contribution >= 0.6 is 15.9 Å². The highest BCUT2D eigenvalue weighted by Crippen LogP contribution is 2.62. The first-order valence-electron chi connectivity index (χ1n) is 9.90. The third kappa shape index (κ3) is 3.00. The second kappa shape index (κ2) is 6.97. The molecule has 0 amide bonds. The first-order valence-corrected chi connectivity index (χ1v) is 10.8. The zero-order chi connectivity index (χ0) is 20.2. The van der Waals surface area contributed by atoms with E-state index in [9.17, 15) is 14.4 Å². The number of alkyl halides is 1. The Bertz CT molecular complexity index is 849. The number of carbonyl (C=O) groups excluding carboxylic acids is 3. The Morgan fingerprint density at radius 3 is 2.57 bits per heavy atom. The number of fused-ring (bicyclic) bond motifs is 5. The molecule has 1 aromatic rings. The van der Waals surface area contributed by atoms with Crippen LogP contribution in [-0.2, 0) is 14.3 Å². The third-order valence-corrected chi connectivity index (χ3v) is 8.12. The summed E-state index contributed by atoms with van der Waals surface area (Å²) in [6, 6.07) is 5.43. The molecule has 0 spiro atoms. The average Bonchev–Trinajstić information content (AvgIpc) is 2.94. The number of ether oxygens (including phenoxy) is 2. The van der Waals surface area contributed by atoms with Crippen LogP contribution in [0.1, 0.15) is 68.3 Å². The Labute approximate surface area is 173 Å². The normalized spacial score (nSPS) is 36.1. The van der Waals surface area contributed by atoms with Crippen molar-refractivity contribution in [2.45, 2.75) is 63.3 Å². The molecule has 3 aliphatic carbocycles. The molecule has 6 heteroatoms. The van der Waals surface area contributed by atoms with E-state index in [0.717, 1.165) is 31.2 Å². The molecular formula is C22H25BrO5. The van der Waals surface area contributed by atoms with E-state index in [-0.39, 0.29) is 39.9 Å². The molecule has 0 aliphatic heterocycles. The van der Waals surface area contributed by atoms with Gasteiger partial charge in [-0.1, -0.05) is 28.9 Å². The quantitative estimate of drug-likeness (QED) is 0.380. The van der Waals surface area contributed by atoms with Gasteiger partial charge in [-0.25, -0.2) is 0 Å². The van der Waals surface area contributed by atoms with Crippen molar-refractivity contribution in [1.82, 2.24) is 0 Å². The highest BCUT2D eigenvalue weighted by molar-refractivity contribution is 9.10. The number of Topliss-reactive ketones (excluding diaryl/α,β-unsaturated/α-hetero) is 1. The number of ketones is 1. The van der Waals surface area contributed by atoms with Crippen LogP contribution in [0.2, 0.25) is 0 Å². The predicted octanol–water partition coefficient (Wildman–Crippen LogP) is 4.41. The largest absolute Gasteiger partial charge is 0.462 e. The summed E-state index contributed by atoms with van der Waals surface area (Å²) < 4.78 is 10.8. The lowest BCUT2D eigenvalue weighted by molar-refractivity contribution is -0.154. The van der Waals surface area contributed by atoms with Crippen molar-refractivity contribution in [3.05, 3.63) is 29.3 Å². The molecule has 28 heavy (non-hydrogen) atoms. The van der Waals surface area contributed by atoms with Gasteiger partial charge in [-0.05, 0) is 61.1 Å². The number of halogens is 1. The highest BCUT2D eigenvalue weighted by atomic mass is 79.9. The van der Waals surface area contributed by atoms with Crippen LogP contribution < -0.4 is 4.74 Å². The summed E-state index contributed by atoms with van der Waals surface area (Å²) in [5.74, 6) is 0.612. The van der Waals surface area contributed by atoms with Gasteiger partial charge in [-0.3, -0.25) is 14.4 Å². The minimum atomic E-state index is -0.396. The van der Waals surface area contributed by atoms with Crippen molar-refractivity contribution in [3.63, 3.8) is 0 Å². The highest BCUT2D eigenvalue weighted by Gasteiger charge is 2.59. The Balaban J connectivity index is 1.69. The predicted molar refractivity (Wildman–Crippen MR) is 107 cm³/mol. The van der Waals surface area contributed by atoms with E-state index >= 15 is 0 Å². The van der Waals surface area contributed by atoms with Crippen molar-refractivity contribution in [1.29, 1.82) is 0 Å². The van der Waals surface area contributed by atoms with Gasteiger partial charge in [0.2, 0.25) is 0 Å². The fraction of sp³-hybridized carbons (Fsp3) is 0.591. The maximum atomic E-state index is 13.2. The van der Waals surface area contributed by atoms with Crippen molar-refractivity contribution in [2.75, 3.05) is 0 Å². The maximum Gasteiger partial charge on any atom is 0.308 e. The summed E-state index contributed by atoms with van der Waals surface area (Å²) in [7, 11) is 0. The maximum absolute atomic E-state index is 13.2. The summed E-state index contributed by atoms with van der Waals surface area (Å²) in [6.45, 7) is 5.04. The topological polar surface area (TPSA) is 69.7 Å². The van der Waals surface area contributed by atoms with E-state index in [0.29, 0.717) is 17.2 Å². The van der Waals surface area contributed by atoms with Crippen LogP contribution in [0.15, 0.2) is 18.2 Å². The lowest BCUT2D eigenvalue weighted by atomic mass is 9.55. The van der Waals surface area contributed by atoms with E-state index in [1.807, 2.05) is 6.07 Å². The Kier molecular flexibility index (Phi) is 4.89. The molecule has 3 aliphatic rings. The number of carbonyl (C=O) groups is 3. The molecule has 0 radical (unpaired) electrons. The van der Waals surface area contributed by atoms with Crippen molar-refractivity contribution >= 4 is 33.7 Å². The number of esters is 2. The van der Waals surface area contributed by atoms with Gasteiger partial charge in [0, 0.05) is 24.8 Å². The van der Waals surface area contributed by atoms with Gasteiger partial charge in [0.1, 0.15) is 11.9 Å². The van der Waals surface area contributed by atoms with Gasteiger partial charge in [0.25, 0.3) is 0 Å². The average molecular weight is 449 g/mol. The van der Waals surface area contributed by atoms with E-state index in [1.165, 1.54) is 13.8 Å². The number of rotatable bonds is 2. The van der Waals surface area contributed by atoms with E-state index in [1.54, 1.807) is 12.1 Å². The summed E-state index contributed by atoms with van der Waals surface area (Å²) >= 11 is 3.71. The molecule has 0 N–H and O–H groups in total. The summed E-state index contributed by atoms with van der Waals surface area (Å²) in [4.78, 5) is 35.7. The third-order valence-electron chi connectivity index (χ3n) is 7.09. The molecule has 0 bridgehead atoms. The van der Waals surface area contributed by atoms with Crippen LogP contribution in [-0.4, -0.2) is 28.7 Å². The summed E-state index contributed by atoms with van der Waals surface area (Å²) in [5.41, 5.74) is 1.62. The van der Waals surface area contributed by atoms with Gasteiger partial charge in [0.05, 0.1) is 4.83 Å². The van der Waals surface area contributed by atoms with Crippen molar-refractivity contribution in [2.24, 2.45) is 17.3 Å². The van der Waals surface area contributed by atoms with Gasteiger partial charge >= 0.3 is 11.9 Å². The number of hydrogen-bond acceptors (Lipinski definition) is 5. The lowest BCUT2D eigenvalue weighted by Gasteiger charge is -2.51. The monoisotopic (exact) mass is 448 g/mol. The fourth-order valence-corrected chi connectivity index (χ4v) is 6.92. The van der Waals surface area contributed by atoms with Crippen molar-refractivity contribution < 1.29 is 23.9 Å². The standard InChI is InChI=1S/C22H25BrO5/c1-11(24)27-13-4-5-14-15-8-9-22(3)17(6-7-18(22)28-12(2)25)19(15)20(23)21(26)16(14)10-13/h4-5,10,15,17-20H,6-9H2,1-3H3/t15-,17-,18+,19+,20-,22-/m1/s1. The first kappa shape index (κ1) is 19.6. The molecule has 0 saturated heterocycles. The van der Waals surface area contributed by atoms with E-state index in [4.69, 9.17) is 9.47 Å². The fourth-order valence-electron chi connectivity index (χ4n) is 5.94. The smallest absolute Gasteiger partial charge is 0.308 e. The second-order valence-electron chi connectivity index (χ2n) is 8.62. The number of hydrogen-bond donors (Lipinski definition) is 0. The van der Waals surface area contributed by atoms with Crippen LogP contribution in [0.3, 0.4) is 0 Å². The van der Waals surface area contributed by atoms with E-state index < -0.39 is 5.97 Å². The molecule has 2 fully saturated rings. The summed E-state index contributed by atoms with van der Waals surface area (Å²) in [5, 5.41) is 0. The van der Waals surface area contributed by atoms with Gasteiger partial charge in [-0.2, -0.15) is 0 Å². The molecule has 0 aromatic heterocycles. The van der Waals surface area contributed by atoms with Gasteiger partial charge < -0.3 is 9.47 Å². The van der Waals surface area contributed by atoms with Crippen molar-refractivity contribution in [3.8, 4) is 5.75 Å². The molecule has 1 aromatic carbocycles. The molecule has 150 valence electrons. The molecule has 2 saturated carbocycles. The summed E-state index contributed by atoms with van der Waals surface area (Å²) in [6.07, 6.45) is 3.67. The second-order valence-corrected chi connectivity index (χ2v) is 9.61. The molecule has 6 atom stereocenters. The molecule has 0 unspecified atom stereocenters. The Hall–Kier alpha value is -1.69. The molecule has 5 nitrogen and oxygen atoms in total. The lowest BCUT2D eigenvalue weighted by Crippen LogP contribution is -2.50. The van der Waals surface area contributed by atoms with E-state index in [2.05, 4.69) is 22.9 Å². The minimum Gasteiger partial charge on any atom is -0.462 e. The van der Waals surface area contributed by atoms with Crippen LogP contribution in [0.25, 0.3) is 0 Å². The van der Waals surface area contributed by atoms with Gasteiger partial charge in [-0.15, -0.1) is 0 Å². The Morgan fingerprint density at radius 1 is 1.14 bits per heavy atom. The Morgan fingerprint density at radius 2 is 1.89 bits per heavy atom. The SMILES string of the molecule is CC(=O)Oc1ccc2c(c1)C(=O)[C@H](Br)[C@H]1[C@@H]2CC[C@@]2(C)[C@@H](OC(C)=O)CC[C@H]12. The zero-order valence-corrected chi connectivity index (χ0v) is 18.0. The number of benzene rings is 1. The van der Waals surface area contributed by atoms with Crippen LogP contribution in [0, 0.1) is 17.3 Å². The van der Waals surface area contributed by atoms with Crippen LogP contribution in [0.4, 0.5) is 0 Å². The zero-order valence-electron chi connectivity index (χ0n) is 16.4. The molecule has 0 heterocycles. The van der Waals surface area contributed by atoms with Gasteiger partial charge in [0.15, 0.2) is 5.78 Å².